The van der Waals surface area contributed by atoms with Gasteiger partial charge in [0.05, 0.1) is 6.10 Å². The van der Waals surface area contributed by atoms with E-state index in [2.05, 4.69) is 13.0 Å². The molecule has 0 aromatic heterocycles. The number of aliphatic hydroxyl groups excluding tert-OH is 1. The highest BCUT2D eigenvalue weighted by Gasteiger charge is 2.39. The van der Waals surface area contributed by atoms with Gasteiger partial charge in [-0.25, -0.2) is 0 Å². The predicted octanol–water partition coefficient (Wildman–Crippen LogP) is 1.64. The minimum atomic E-state index is -1.00. The molecule has 4 atom stereocenters. The molecule has 1 fully saturated rings. The fourth-order valence-corrected chi connectivity index (χ4v) is 2.61. The summed E-state index contributed by atoms with van der Waals surface area (Å²) >= 11 is 0. The van der Waals surface area contributed by atoms with Crippen LogP contribution in [0.3, 0.4) is 0 Å². The Kier molecular flexibility index (Phi) is 2.50. The molecule has 0 aliphatic heterocycles. The lowest BCUT2D eigenvalue weighted by Gasteiger charge is -2.29. The number of allylic oxidation sites excluding steroid dienone is 3. The lowest BCUT2D eigenvalue weighted by Crippen LogP contribution is -2.40. The smallest absolute Gasteiger partial charge is 0.109 e. The molecule has 0 spiro atoms. The van der Waals surface area contributed by atoms with Crippen LogP contribution in [-0.4, -0.2) is 21.9 Å². The van der Waals surface area contributed by atoms with Crippen molar-refractivity contribution in [1.82, 2.24) is 0 Å². The van der Waals surface area contributed by atoms with Gasteiger partial charge in [-0.2, -0.15) is 0 Å². The number of aliphatic hydroxyl groups is 2. The van der Waals surface area contributed by atoms with Gasteiger partial charge in [0.2, 0.25) is 0 Å². The quantitative estimate of drug-likeness (QED) is 0.615. The largest absolute Gasteiger partial charge is 0.390 e. The van der Waals surface area contributed by atoms with E-state index in [1.54, 1.807) is 6.08 Å². The van der Waals surface area contributed by atoms with Crippen molar-refractivity contribution in [2.45, 2.75) is 37.9 Å². The molecular weight excluding hydrogens is 176 g/mol. The number of fused-ring (bicyclic) bond motifs is 2. The monoisotopic (exact) mass is 194 g/mol. The molecule has 0 unspecified atom stereocenters. The van der Waals surface area contributed by atoms with Crippen molar-refractivity contribution in [2.24, 2.45) is 11.8 Å². The zero-order valence-electron chi connectivity index (χ0n) is 8.56. The highest BCUT2D eigenvalue weighted by molar-refractivity contribution is 5.19. The van der Waals surface area contributed by atoms with Gasteiger partial charge in [0.15, 0.2) is 0 Å². The molecule has 2 aliphatic carbocycles. The molecule has 2 aliphatic rings. The van der Waals surface area contributed by atoms with Gasteiger partial charge in [-0.15, -0.1) is 0 Å². The molecule has 0 radical (unpaired) electrons. The lowest BCUT2D eigenvalue weighted by molar-refractivity contribution is -0.0488. The predicted molar refractivity (Wildman–Crippen MR) is 55.7 cm³/mol. The fourth-order valence-electron chi connectivity index (χ4n) is 2.61. The molecule has 0 aromatic rings. The standard InChI is InChI=1S/C12H18O2/c1-9-6-10-4-2-3-5-12(14,8-10)11(13)7-9/h2-5,9-11,13-14H,6-8H2,1H3/t9-,10-,11-,12+/m1/s1. The molecule has 2 nitrogen and oxygen atoms in total. The lowest BCUT2D eigenvalue weighted by atomic mass is 9.88. The Labute approximate surface area is 85.0 Å². The van der Waals surface area contributed by atoms with Crippen LogP contribution < -0.4 is 0 Å². The minimum Gasteiger partial charge on any atom is -0.390 e. The Hall–Kier alpha value is -0.600. The third-order valence-electron chi connectivity index (χ3n) is 3.38. The molecule has 2 rings (SSSR count). The Bertz CT molecular complexity index is 269. The third kappa shape index (κ3) is 1.77. The van der Waals surface area contributed by atoms with Crippen LogP contribution in [-0.2, 0) is 0 Å². The first kappa shape index (κ1) is 9.94. The van der Waals surface area contributed by atoms with Crippen LogP contribution in [0.2, 0.25) is 0 Å². The highest BCUT2D eigenvalue weighted by Crippen LogP contribution is 2.37. The van der Waals surface area contributed by atoms with E-state index in [4.69, 9.17) is 0 Å². The molecule has 2 heteroatoms. The summed E-state index contributed by atoms with van der Waals surface area (Å²) in [6.45, 7) is 2.14. The van der Waals surface area contributed by atoms with Crippen LogP contribution in [0, 0.1) is 11.8 Å². The summed E-state index contributed by atoms with van der Waals surface area (Å²) in [5.41, 5.74) is -1.00. The van der Waals surface area contributed by atoms with E-state index in [1.165, 1.54) is 0 Å². The SMILES string of the molecule is C[C@@H]1C[C@H]2C=CC=C[C@](O)(C2)[C@H](O)C1. The van der Waals surface area contributed by atoms with Crippen molar-refractivity contribution in [3.63, 3.8) is 0 Å². The number of rotatable bonds is 0. The summed E-state index contributed by atoms with van der Waals surface area (Å²) in [4.78, 5) is 0. The van der Waals surface area contributed by atoms with E-state index < -0.39 is 11.7 Å². The van der Waals surface area contributed by atoms with Crippen LogP contribution in [0.5, 0.6) is 0 Å². The number of hydrogen-bond donors (Lipinski definition) is 2. The molecule has 2 N–H and O–H groups in total. The summed E-state index contributed by atoms with van der Waals surface area (Å²) in [6.07, 6.45) is 9.52. The van der Waals surface area contributed by atoms with E-state index in [0.717, 1.165) is 6.42 Å². The highest BCUT2D eigenvalue weighted by atomic mass is 16.3. The molecular formula is C12H18O2. The maximum absolute atomic E-state index is 10.3. The van der Waals surface area contributed by atoms with E-state index in [0.29, 0.717) is 24.7 Å². The van der Waals surface area contributed by atoms with E-state index in [-0.39, 0.29) is 0 Å². The van der Waals surface area contributed by atoms with E-state index in [1.807, 2.05) is 12.2 Å². The molecule has 78 valence electrons. The van der Waals surface area contributed by atoms with Crippen molar-refractivity contribution in [2.75, 3.05) is 0 Å². The maximum atomic E-state index is 10.3. The molecule has 0 aromatic carbocycles. The summed E-state index contributed by atoms with van der Waals surface area (Å²) in [5.74, 6) is 0.891. The molecule has 0 saturated heterocycles. The van der Waals surface area contributed by atoms with Crippen LogP contribution >= 0.6 is 0 Å². The van der Waals surface area contributed by atoms with Crippen molar-refractivity contribution >= 4 is 0 Å². The van der Waals surface area contributed by atoms with E-state index >= 15 is 0 Å². The zero-order valence-corrected chi connectivity index (χ0v) is 8.56. The summed E-state index contributed by atoms with van der Waals surface area (Å²) in [6, 6.07) is 0. The van der Waals surface area contributed by atoms with Crippen molar-refractivity contribution in [3.05, 3.63) is 24.3 Å². The van der Waals surface area contributed by atoms with Crippen LogP contribution in [0.15, 0.2) is 24.3 Å². The molecule has 0 heterocycles. The fraction of sp³-hybridized carbons (Fsp3) is 0.667. The second kappa shape index (κ2) is 3.52. The Morgan fingerprint density at radius 1 is 1.29 bits per heavy atom. The van der Waals surface area contributed by atoms with Crippen LogP contribution in [0.1, 0.15) is 26.2 Å². The van der Waals surface area contributed by atoms with Crippen molar-refractivity contribution in [1.29, 1.82) is 0 Å². The molecule has 2 bridgehead atoms. The number of hydrogen-bond acceptors (Lipinski definition) is 2. The first-order chi connectivity index (χ1) is 6.60. The topological polar surface area (TPSA) is 40.5 Å². The molecule has 0 amide bonds. The average Bonchev–Trinajstić information content (AvgIpc) is 2.32. The van der Waals surface area contributed by atoms with Crippen molar-refractivity contribution < 1.29 is 10.2 Å². The normalized spacial score (nSPS) is 47.2. The van der Waals surface area contributed by atoms with Crippen LogP contribution in [0.4, 0.5) is 0 Å². The van der Waals surface area contributed by atoms with Gasteiger partial charge in [-0.1, -0.05) is 31.2 Å². The maximum Gasteiger partial charge on any atom is 0.109 e. The second-order valence-corrected chi connectivity index (χ2v) is 4.79. The average molecular weight is 194 g/mol. The third-order valence-corrected chi connectivity index (χ3v) is 3.38. The van der Waals surface area contributed by atoms with Crippen molar-refractivity contribution in [3.8, 4) is 0 Å². The zero-order chi connectivity index (χ0) is 10.2. The van der Waals surface area contributed by atoms with Gasteiger partial charge in [0.25, 0.3) is 0 Å². The van der Waals surface area contributed by atoms with E-state index in [9.17, 15) is 10.2 Å². The first-order valence-electron chi connectivity index (χ1n) is 5.36. The molecule has 14 heavy (non-hydrogen) atoms. The van der Waals surface area contributed by atoms with Gasteiger partial charge in [-0.05, 0) is 31.1 Å². The summed E-state index contributed by atoms with van der Waals surface area (Å²) in [5, 5.41) is 20.2. The van der Waals surface area contributed by atoms with Gasteiger partial charge < -0.3 is 10.2 Å². The summed E-state index contributed by atoms with van der Waals surface area (Å²) < 4.78 is 0. The first-order valence-corrected chi connectivity index (χ1v) is 5.36. The minimum absolute atomic E-state index is 0.405. The Morgan fingerprint density at radius 2 is 2.07 bits per heavy atom. The van der Waals surface area contributed by atoms with Gasteiger partial charge in [-0.3, -0.25) is 0 Å². The Balaban J connectivity index is 2.29. The van der Waals surface area contributed by atoms with Gasteiger partial charge >= 0.3 is 0 Å². The summed E-state index contributed by atoms with van der Waals surface area (Å²) in [7, 11) is 0. The van der Waals surface area contributed by atoms with Gasteiger partial charge in [0, 0.05) is 0 Å². The second-order valence-electron chi connectivity index (χ2n) is 4.79. The van der Waals surface area contributed by atoms with Gasteiger partial charge in [0.1, 0.15) is 5.60 Å². The Morgan fingerprint density at radius 3 is 2.86 bits per heavy atom. The van der Waals surface area contributed by atoms with Crippen LogP contribution in [0.25, 0.3) is 0 Å². The molecule has 1 saturated carbocycles.